The Morgan fingerprint density at radius 2 is 2.12 bits per heavy atom. The number of halogens is 2. The molecule has 1 saturated heterocycles. The Morgan fingerprint density at radius 1 is 1.41 bits per heavy atom. The van der Waals surface area contributed by atoms with Crippen molar-refractivity contribution >= 4 is 0 Å². The number of rotatable bonds is 1. The van der Waals surface area contributed by atoms with Crippen LogP contribution in [0.25, 0.3) is 0 Å². The van der Waals surface area contributed by atoms with Gasteiger partial charge in [-0.3, -0.25) is 0 Å². The summed E-state index contributed by atoms with van der Waals surface area (Å²) in [7, 11) is 0. The molecule has 1 aliphatic rings. The van der Waals surface area contributed by atoms with Crippen molar-refractivity contribution in [3.63, 3.8) is 0 Å². The Hall–Kier alpha value is -1.00. The van der Waals surface area contributed by atoms with Gasteiger partial charge in [-0.05, 0) is 18.6 Å². The Morgan fingerprint density at radius 3 is 2.76 bits per heavy atom. The van der Waals surface area contributed by atoms with Crippen molar-refractivity contribution in [1.29, 1.82) is 0 Å². The van der Waals surface area contributed by atoms with Gasteiger partial charge in [-0.1, -0.05) is 13.0 Å². The van der Waals surface area contributed by atoms with E-state index in [1.54, 1.807) is 13.8 Å². The van der Waals surface area contributed by atoms with Crippen LogP contribution in [0.5, 0.6) is 0 Å². The third-order valence-corrected chi connectivity index (χ3v) is 3.53. The minimum absolute atomic E-state index is 0.214. The summed E-state index contributed by atoms with van der Waals surface area (Å²) in [5.74, 6) is -1.67. The van der Waals surface area contributed by atoms with Gasteiger partial charge in [0.25, 0.3) is 0 Å². The minimum atomic E-state index is -1.47. The molecule has 2 unspecified atom stereocenters. The molecule has 0 aliphatic carbocycles. The van der Waals surface area contributed by atoms with Crippen molar-refractivity contribution in [3.05, 3.63) is 34.9 Å². The summed E-state index contributed by atoms with van der Waals surface area (Å²) in [6, 6.07) is 2.58. The fourth-order valence-corrected chi connectivity index (χ4v) is 2.30. The second-order valence-electron chi connectivity index (χ2n) is 4.70. The zero-order chi connectivity index (χ0) is 12.6. The molecule has 1 heterocycles. The van der Waals surface area contributed by atoms with E-state index in [1.165, 1.54) is 12.1 Å². The zero-order valence-electron chi connectivity index (χ0n) is 9.96. The third kappa shape index (κ3) is 1.96. The maximum absolute atomic E-state index is 14.0. The topological polar surface area (TPSA) is 29.5 Å². The average molecular weight is 242 g/mol. The van der Waals surface area contributed by atoms with Gasteiger partial charge in [0, 0.05) is 18.9 Å². The van der Waals surface area contributed by atoms with Gasteiger partial charge in [-0.2, -0.15) is 0 Å². The summed E-state index contributed by atoms with van der Waals surface area (Å²) in [5, 5.41) is 10.5. The Balaban J connectivity index is 2.55. The van der Waals surface area contributed by atoms with Crippen molar-refractivity contribution in [2.24, 2.45) is 5.92 Å². The van der Waals surface area contributed by atoms with Crippen molar-refractivity contribution in [2.45, 2.75) is 25.9 Å². The van der Waals surface area contributed by atoms with Crippen LogP contribution in [0.1, 0.15) is 24.5 Å². The molecule has 94 valence electrons. The van der Waals surface area contributed by atoms with Gasteiger partial charge in [0.05, 0.1) is 12.2 Å². The highest BCUT2D eigenvalue weighted by Crippen LogP contribution is 2.39. The Kier molecular flexibility index (Phi) is 3.19. The first-order chi connectivity index (χ1) is 7.97. The minimum Gasteiger partial charge on any atom is -0.384 e. The number of aryl methyl sites for hydroxylation is 1. The largest absolute Gasteiger partial charge is 0.384 e. The number of hydrogen-bond donors (Lipinski definition) is 1. The molecule has 1 fully saturated rings. The zero-order valence-corrected chi connectivity index (χ0v) is 9.96. The lowest BCUT2D eigenvalue weighted by molar-refractivity contribution is -0.115. The smallest absolute Gasteiger partial charge is 0.135 e. The Labute approximate surface area is 99.2 Å². The molecule has 0 radical (unpaired) electrons. The van der Waals surface area contributed by atoms with E-state index in [4.69, 9.17) is 4.74 Å². The highest BCUT2D eigenvalue weighted by Gasteiger charge is 2.42. The number of ether oxygens (including phenoxy) is 1. The lowest BCUT2D eigenvalue weighted by atomic mass is 9.78. The number of aliphatic hydroxyl groups is 1. The summed E-state index contributed by atoms with van der Waals surface area (Å²) < 4.78 is 33.0. The van der Waals surface area contributed by atoms with Gasteiger partial charge in [-0.15, -0.1) is 0 Å². The summed E-state index contributed by atoms with van der Waals surface area (Å²) in [6.45, 7) is 3.92. The molecule has 2 rings (SSSR count). The van der Waals surface area contributed by atoms with Crippen LogP contribution in [0.15, 0.2) is 12.1 Å². The quantitative estimate of drug-likeness (QED) is 0.820. The van der Waals surface area contributed by atoms with Crippen LogP contribution in [0, 0.1) is 24.5 Å². The molecule has 1 N–H and O–H groups in total. The van der Waals surface area contributed by atoms with Crippen molar-refractivity contribution < 1.29 is 18.6 Å². The molecule has 1 aromatic carbocycles. The molecule has 0 aromatic heterocycles. The predicted molar refractivity (Wildman–Crippen MR) is 59.6 cm³/mol. The maximum atomic E-state index is 14.0. The van der Waals surface area contributed by atoms with Crippen molar-refractivity contribution in [2.75, 3.05) is 13.2 Å². The summed E-state index contributed by atoms with van der Waals surface area (Å²) in [4.78, 5) is 0. The van der Waals surface area contributed by atoms with Gasteiger partial charge in [0.15, 0.2) is 0 Å². The van der Waals surface area contributed by atoms with E-state index < -0.39 is 17.2 Å². The lowest BCUT2D eigenvalue weighted by Crippen LogP contribution is -2.42. The molecule has 4 heteroatoms. The van der Waals surface area contributed by atoms with Crippen LogP contribution >= 0.6 is 0 Å². The highest BCUT2D eigenvalue weighted by atomic mass is 19.1. The summed E-state index contributed by atoms with van der Waals surface area (Å²) >= 11 is 0. The molecule has 0 amide bonds. The molecule has 17 heavy (non-hydrogen) atoms. The first-order valence-electron chi connectivity index (χ1n) is 5.72. The molecule has 1 aromatic rings. The van der Waals surface area contributed by atoms with E-state index in [9.17, 15) is 13.9 Å². The standard InChI is InChI=1S/C13H16F2O2/c1-8-3-4-10(14)11(12(8)15)13(16)5-6-17-7-9(13)2/h3-4,9,16H,5-7H2,1-2H3. The fourth-order valence-electron chi connectivity index (χ4n) is 2.30. The molecule has 0 spiro atoms. The average Bonchev–Trinajstić information content (AvgIpc) is 2.28. The normalized spacial score (nSPS) is 29.4. The molecule has 0 bridgehead atoms. The summed E-state index contributed by atoms with van der Waals surface area (Å²) in [5.41, 5.74) is -1.35. The second-order valence-corrected chi connectivity index (χ2v) is 4.70. The van der Waals surface area contributed by atoms with Crippen LogP contribution in [-0.2, 0) is 10.3 Å². The fraction of sp³-hybridized carbons (Fsp3) is 0.538. The molecule has 1 aliphatic heterocycles. The van der Waals surface area contributed by atoms with Crippen LogP contribution in [-0.4, -0.2) is 18.3 Å². The second kappa shape index (κ2) is 4.35. The Bertz CT molecular complexity index is 434. The van der Waals surface area contributed by atoms with Gasteiger partial charge in [0.1, 0.15) is 17.2 Å². The summed E-state index contributed by atoms with van der Waals surface area (Å²) in [6.07, 6.45) is 0.214. The van der Waals surface area contributed by atoms with E-state index in [-0.39, 0.29) is 17.9 Å². The van der Waals surface area contributed by atoms with E-state index in [0.717, 1.165) is 0 Å². The van der Waals surface area contributed by atoms with E-state index in [2.05, 4.69) is 0 Å². The van der Waals surface area contributed by atoms with Gasteiger partial charge in [0.2, 0.25) is 0 Å². The molecule has 2 nitrogen and oxygen atoms in total. The lowest BCUT2D eigenvalue weighted by Gasteiger charge is -2.38. The van der Waals surface area contributed by atoms with Gasteiger partial charge >= 0.3 is 0 Å². The SMILES string of the molecule is Cc1ccc(F)c(C2(O)CCOCC2C)c1F. The monoisotopic (exact) mass is 242 g/mol. The van der Waals surface area contributed by atoms with E-state index in [0.29, 0.717) is 18.8 Å². The van der Waals surface area contributed by atoms with Crippen LogP contribution in [0.4, 0.5) is 8.78 Å². The van der Waals surface area contributed by atoms with Crippen molar-refractivity contribution in [3.8, 4) is 0 Å². The van der Waals surface area contributed by atoms with Gasteiger partial charge in [-0.25, -0.2) is 8.78 Å². The molecular weight excluding hydrogens is 226 g/mol. The maximum Gasteiger partial charge on any atom is 0.135 e. The van der Waals surface area contributed by atoms with Crippen LogP contribution in [0.2, 0.25) is 0 Å². The molecular formula is C13H16F2O2. The van der Waals surface area contributed by atoms with Crippen LogP contribution < -0.4 is 0 Å². The third-order valence-electron chi connectivity index (χ3n) is 3.53. The highest BCUT2D eigenvalue weighted by molar-refractivity contribution is 5.32. The first-order valence-corrected chi connectivity index (χ1v) is 5.72. The van der Waals surface area contributed by atoms with Crippen LogP contribution in [0.3, 0.4) is 0 Å². The number of benzene rings is 1. The predicted octanol–water partition coefficient (Wildman–Crippen LogP) is 2.52. The van der Waals surface area contributed by atoms with E-state index >= 15 is 0 Å². The van der Waals surface area contributed by atoms with E-state index in [1.807, 2.05) is 0 Å². The number of hydrogen-bond acceptors (Lipinski definition) is 2. The van der Waals surface area contributed by atoms with Gasteiger partial charge < -0.3 is 9.84 Å². The van der Waals surface area contributed by atoms with Crippen molar-refractivity contribution in [1.82, 2.24) is 0 Å². The first kappa shape index (κ1) is 12.5. The molecule has 2 atom stereocenters. The molecule has 0 saturated carbocycles.